The van der Waals surface area contributed by atoms with E-state index >= 15 is 0 Å². The second-order valence-electron chi connectivity index (χ2n) is 5.04. The van der Waals surface area contributed by atoms with Crippen molar-refractivity contribution in [1.82, 2.24) is 14.7 Å². The van der Waals surface area contributed by atoms with Gasteiger partial charge in [-0.25, -0.2) is 0 Å². The highest BCUT2D eigenvalue weighted by atomic mass is 35.5. The zero-order valence-corrected chi connectivity index (χ0v) is 12.4. The molecule has 2 rings (SSSR count). The van der Waals surface area contributed by atoms with Crippen molar-refractivity contribution in [1.29, 1.82) is 0 Å². The molecule has 0 atom stereocenters. The molecule has 1 aromatic rings. The molecule has 1 saturated heterocycles. The lowest BCUT2D eigenvalue weighted by Crippen LogP contribution is -2.37. The normalized spacial score (nSPS) is 18.1. The van der Waals surface area contributed by atoms with Crippen LogP contribution in [0.3, 0.4) is 0 Å². The monoisotopic (exact) mass is 287 g/mol. The highest BCUT2D eigenvalue weighted by Crippen LogP contribution is 2.23. The van der Waals surface area contributed by atoms with Crippen LogP contribution >= 0.6 is 11.6 Å². The Morgan fingerprint density at radius 3 is 2.63 bits per heavy atom. The number of likely N-dealkylation sites (tertiary alicyclic amines) is 1. The second-order valence-corrected chi connectivity index (χ2v) is 5.42. The molecule has 1 fully saturated rings. The van der Waals surface area contributed by atoms with Gasteiger partial charge in [-0.05, 0) is 19.8 Å². The number of aliphatic hydroxyl groups is 1. The summed E-state index contributed by atoms with van der Waals surface area (Å²) in [7, 11) is 1.94. The van der Waals surface area contributed by atoms with Crippen LogP contribution in [0.4, 0.5) is 0 Å². The summed E-state index contributed by atoms with van der Waals surface area (Å²) in [6.07, 6.45) is 2.30. The predicted molar refractivity (Wildman–Crippen MR) is 74.3 cm³/mol. The summed E-state index contributed by atoms with van der Waals surface area (Å²) in [5.74, 6) is 0. The van der Waals surface area contributed by atoms with Crippen molar-refractivity contribution in [2.45, 2.75) is 32.4 Å². The molecule has 5 nitrogen and oxygen atoms in total. The maximum atomic E-state index is 8.75. The van der Waals surface area contributed by atoms with E-state index < -0.39 is 0 Å². The first kappa shape index (κ1) is 14.8. The molecule has 0 amide bonds. The van der Waals surface area contributed by atoms with Crippen molar-refractivity contribution < 1.29 is 9.84 Å². The van der Waals surface area contributed by atoms with Gasteiger partial charge in [0.2, 0.25) is 0 Å². The predicted octanol–water partition coefficient (Wildman–Crippen LogP) is 1.36. The van der Waals surface area contributed by atoms with Gasteiger partial charge in [0.05, 0.1) is 35.7 Å². The number of aromatic nitrogens is 2. The summed E-state index contributed by atoms with van der Waals surface area (Å²) < 4.78 is 7.43. The van der Waals surface area contributed by atoms with Crippen LogP contribution in [0, 0.1) is 6.92 Å². The van der Waals surface area contributed by atoms with Gasteiger partial charge < -0.3 is 9.84 Å². The summed E-state index contributed by atoms with van der Waals surface area (Å²) in [6.45, 7) is 5.30. The molecule has 19 heavy (non-hydrogen) atoms. The number of nitrogens with zero attached hydrogens (tertiary/aromatic N) is 3. The van der Waals surface area contributed by atoms with Crippen LogP contribution in [0.5, 0.6) is 0 Å². The first-order valence-electron chi connectivity index (χ1n) is 6.74. The Morgan fingerprint density at radius 1 is 1.42 bits per heavy atom. The third kappa shape index (κ3) is 3.69. The SMILES string of the molecule is Cc1nn(C)c(CN2CCC(OCCO)CC2)c1Cl. The van der Waals surface area contributed by atoms with Crippen LogP contribution in [0.25, 0.3) is 0 Å². The highest BCUT2D eigenvalue weighted by molar-refractivity contribution is 6.31. The number of piperidine rings is 1. The highest BCUT2D eigenvalue weighted by Gasteiger charge is 2.22. The molecule has 1 aliphatic heterocycles. The zero-order valence-electron chi connectivity index (χ0n) is 11.6. The Labute approximate surface area is 119 Å². The average Bonchev–Trinajstić information content (AvgIpc) is 2.64. The van der Waals surface area contributed by atoms with Crippen LogP contribution in [-0.2, 0) is 18.3 Å². The van der Waals surface area contributed by atoms with Crippen molar-refractivity contribution in [3.05, 3.63) is 16.4 Å². The Morgan fingerprint density at radius 2 is 2.11 bits per heavy atom. The van der Waals surface area contributed by atoms with E-state index in [1.54, 1.807) is 0 Å². The molecule has 1 aromatic heterocycles. The van der Waals surface area contributed by atoms with E-state index in [0.29, 0.717) is 6.61 Å². The Balaban J connectivity index is 1.85. The summed E-state index contributed by atoms with van der Waals surface area (Å²) in [4.78, 5) is 2.38. The molecule has 108 valence electrons. The Hall–Kier alpha value is -0.620. The van der Waals surface area contributed by atoms with Crippen molar-refractivity contribution in [2.24, 2.45) is 7.05 Å². The molecular formula is C13H22ClN3O2. The van der Waals surface area contributed by atoms with Crippen molar-refractivity contribution >= 4 is 11.6 Å². The van der Waals surface area contributed by atoms with Gasteiger partial charge in [0.25, 0.3) is 0 Å². The standard InChI is InChI=1S/C13H22ClN3O2/c1-10-13(14)12(16(2)15-10)9-17-5-3-11(4-6-17)19-8-7-18/h11,18H,3-9H2,1-2H3. The molecule has 0 unspecified atom stereocenters. The average molecular weight is 288 g/mol. The van der Waals surface area contributed by atoms with E-state index in [9.17, 15) is 0 Å². The van der Waals surface area contributed by atoms with E-state index in [4.69, 9.17) is 21.4 Å². The lowest BCUT2D eigenvalue weighted by Gasteiger charge is -2.31. The minimum Gasteiger partial charge on any atom is -0.394 e. The van der Waals surface area contributed by atoms with Crippen LogP contribution in [0.1, 0.15) is 24.2 Å². The van der Waals surface area contributed by atoms with Crippen LogP contribution in [0.15, 0.2) is 0 Å². The molecule has 0 spiro atoms. The molecule has 0 bridgehead atoms. The molecule has 0 aromatic carbocycles. The van der Waals surface area contributed by atoms with Gasteiger partial charge in [-0.2, -0.15) is 5.10 Å². The van der Waals surface area contributed by atoms with Gasteiger partial charge in [-0.15, -0.1) is 0 Å². The number of hydrogen-bond acceptors (Lipinski definition) is 4. The first-order valence-corrected chi connectivity index (χ1v) is 7.12. The minimum absolute atomic E-state index is 0.101. The lowest BCUT2D eigenvalue weighted by molar-refractivity contribution is -0.00933. The number of hydrogen-bond donors (Lipinski definition) is 1. The fourth-order valence-corrected chi connectivity index (χ4v) is 2.74. The van der Waals surface area contributed by atoms with Crippen LogP contribution in [-0.4, -0.2) is 52.2 Å². The fourth-order valence-electron chi connectivity index (χ4n) is 2.52. The second kappa shape index (κ2) is 6.70. The van der Waals surface area contributed by atoms with Crippen LogP contribution in [0.2, 0.25) is 5.02 Å². The largest absolute Gasteiger partial charge is 0.394 e. The van der Waals surface area contributed by atoms with Crippen molar-refractivity contribution in [2.75, 3.05) is 26.3 Å². The van der Waals surface area contributed by atoms with Gasteiger partial charge in [-0.1, -0.05) is 11.6 Å². The smallest absolute Gasteiger partial charge is 0.0860 e. The number of rotatable bonds is 5. The molecule has 1 aliphatic rings. The maximum Gasteiger partial charge on any atom is 0.0860 e. The van der Waals surface area contributed by atoms with Gasteiger partial charge in [0, 0.05) is 26.7 Å². The Kier molecular flexibility index (Phi) is 5.21. The van der Waals surface area contributed by atoms with E-state index in [1.165, 1.54) is 0 Å². The third-order valence-corrected chi connectivity index (χ3v) is 4.11. The van der Waals surface area contributed by atoms with Crippen molar-refractivity contribution in [3.8, 4) is 0 Å². The topological polar surface area (TPSA) is 50.5 Å². The molecule has 6 heteroatoms. The summed E-state index contributed by atoms with van der Waals surface area (Å²) >= 11 is 6.27. The molecule has 0 aliphatic carbocycles. The fraction of sp³-hybridized carbons (Fsp3) is 0.769. The van der Waals surface area contributed by atoms with Gasteiger partial charge in [0.1, 0.15) is 0 Å². The molecule has 0 radical (unpaired) electrons. The number of halogens is 1. The molecule has 2 heterocycles. The molecule has 0 saturated carbocycles. The summed E-state index contributed by atoms with van der Waals surface area (Å²) in [5, 5.41) is 13.9. The van der Waals surface area contributed by atoms with E-state index in [2.05, 4.69) is 10.00 Å². The van der Waals surface area contributed by atoms with Gasteiger partial charge >= 0.3 is 0 Å². The first-order chi connectivity index (χ1) is 9.11. The van der Waals surface area contributed by atoms with Gasteiger partial charge in [-0.3, -0.25) is 9.58 Å². The third-order valence-electron chi connectivity index (χ3n) is 3.61. The molecule has 1 N–H and O–H groups in total. The Bertz CT molecular complexity index is 414. The minimum atomic E-state index is 0.101. The zero-order chi connectivity index (χ0) is 13.8. The quantitative estimate of drug-likeness (QED) is 0.888. The van der Waals surface area contributed by atoms with E-state index in [1.807, 2.05) is 18.7 Å². The lowest BCUT2D eigenvalue weighted by atomic mass is 10.1. The van der Waals surface area contributed by atoms with Crippen LogP contribution < -0.4 is 0 Å². The maximum absolute atomic E-state index is 8.75. The summed E-state index contributed by atoms with van der Waals surface area (Å²) in [5.41, 5.74) is 1.97. The van der Waals surface area contributed by atoms with Gasteiger partial charge in [0.15, 0.2) is 0 Å². The summed E-state index contributed by atoms with van der Waals surface area (Å²) in [6, 6.07) is 0. The van der Waals surface area contributed by atoms with E-state index in [0.717, 1.165) is 48.9 Å². The number of aliphatic hydroxyl groups excluding tert-OH is 1. The van der Waals surface area contributed by atoms with E-state index in [-0.39, 0.29) is 12.7 Å². The number of ether oxygens (including phenoxy) is 1. The number of aryl methyl sites for hydroxylation is 2. The molecular weight excluding hydrogens is 266 g/mol. The van der Waals surface area contributed by atoms with Crippen molar-refractivity contribution in [3.63, 3.8) is 0 Å².